The topological polar surface area (TPSA) is 76.1 Å². The molecular formula is C27H33NO5. The molecule has 5 rings (SSSR count). The van der Waals surface area contributed by atoms with Gasteiger partial charge in [-0.3, -0.25) is 9.69 Å². The lowest BCUT2D eigenvalue weighted by Crippen LogP contribution is -2.72. The minimum Gasteiger partial charge on any atom is -0.477 e. The van der Waals surface area contributed by atoms with Crippen molar-refractivity contribution in [3.63, 3.8) is 0 Å². The van der Waals surface area contributed by atoms with E-state index in [-0.39, 0.29) is 11.8 Å². The fraction of sp³-hybridized carbons (Fsp3) is 0.556. The van der Waals surface area contributed by atoms with Gasteiger partial charge in [-0.25, -0.2) is 4.79 Å². The van der Waals surface area contributed by atoms with E-state index in [1.807, 2.05) is 26.0 Å². The number of carbonyl (C=O) groups is 2. The Morgan fingerprint density at radius 3 is 2.82 bits per heavy atom. The van der Waals surface area contributed by atoms with Crippen molar-refractivity contribution in [2.75, 3.05) is 13.6 Å². The molecule has 176 valence electrons. The number of allylic oxidation sites excluding steroid dienone is 3. The summed E-state index contributed by atoms with van der Waals surface area (Å²) in [5.41, 5.74) is 0.0168. The molecule has 3 aliphatic carbocycles. The fourth-order valence-corrected chi connectivity index (χ4v) is 6.51. The van der Waals surface area contributed by atoms with E-state index in [1.54, 1.807) is 18.2 Å². The number of ketones is 1. The molecule has 1 aromatic rings. The number of Topliss-reactive ketones (excluding diaryl/α,β-unsaturated/α-hetero) is 1. The third-order valence-corrected chi connectivity index (χ3v) is 8.20. The number of benzene rings is 1. The first kappa shape index (κ1) is 22.4. The van der Waals surface area contributed by atoms with Crippen molar-refractivity contribution in [1.82, 2.24) is 4.90 Å². The SMILES string of the molecule is C/C=C/C=C/C(=O)Oc1ccc2c3c1O[C@H]1C(=O)CC[C@@](O)([C@H](N(C)CC4CC4)C2)[C@@]31CC. The second-order valence-electron chi connectivity index (χ2n) is 10.0. The summed E-state index contributed by atoms with van der Waals surface area (Å²) in [5, 5.41) is 12.4. The number of hydrogen-bond acceptors (Lipinski definition) is 6. The predicted octanol–water partition coefficient (Wildman–Crippen LogP) is 3.49. The number of ether oxygens (including phenoxy) is 2. The Bertz CT molecular complexity index is 1040. The van der Waals surface area contributed by atoms with Crippen LogP contribution in [0, 0.1) is 5.92 Å². The largest absolute Gasteiger partial charge is 0.477 e. The number of likely N-dealkylation sites (N-methyl/N-ethyl adjacent to an activating group) is 1. The molecule has 0 radical (unpaired) electrons. The van der Waals surface area contributed by atoms with Crippen LogP contribution < -0.4 is 9.47 Å². The van der Waals surface area contributed by atoms with Crippen LogP contribution in [-0.2, 0) is 21.4 Å². The normalized spacial score (nSPS) is 32.5. The summed E-state index contributed by atoms with van der Waals surface area (Å²) in [5.74, 6) is 0.966. The summed E-state index contributed by atoms with van der Waals surface area (Å²) < 4.78 is 11.9. The summed E-state index contributed by atoms with van der Waals surface area (Å²) in [6.07, 6.45) is 10.3. The average Bonchev–Trinajstić information content (AvgIpc) is 3.52. The highest BCUT2D eigenvalue weighted by Gasteiger charge is 2.70. The van der Waals surface area contributed by atoms with Crippen molar-refractivity contribution >= 4 is 11.8 Å². The molecule has 1 N–H and O–H groups in total. The third-order valence-electron chi connectivity index (χ3n) is 8.20. The molecule has 4 atom stereocenters. The summed E-state index contributed by atoms with van der Waals surface area (Å²) in [6, 6.07) is 3.66. The summed E-state index contributed by atoms with van der Waals surface area (Å²) in [4.78, 5) is 27.8. The zero-order valence-electron chi connectivity index (χ0n) is 19.7. The van der Waals surface area contributed by atoms with Crippen molar-refractivity contribution in [3.05, 3.63) is 47.6 Å². The fourth-order valence-electron chi connectivity index (χ4n) is 6.51. The number of nitrogens with zero attached hydrogens (tertiary/aromatic N) is 1. The van der Waals surface area contributed by atoms with Crippen molar-refractivity contribution < 1.29 is 24.2 Å². The van der Waals surface area contributed by atoms with Gasteiger partial charge in [0.05, 0.1) is 11.0 Å². The monoisotopic (exact) mass is 451 g/mol. The first-order valence-electron chi connectivity index (χ1n) is 12.1. The van der Waals surface area contributed by atoms with E-state index < -0.39 is 23.1 Å². The Hall–Kier alpha value is -2.44. The summed E-state index contributed by atoms with van der Waals surface area (Å²) in [6.45, 7) is 4.86. The Morgan fingerprint density at radius 2 is 2.12 bits per heavy atom. The van der Waals surface area contributed by atoms with Crippen LogP contribution >= 0.6 is 0 Å². The van der Waals surface area contributed by atoms with Gasteiger partial charge in [-0.15, -0.1) is 0 Å². The third kappa shape index (κ3) is 3.29. The van der Waals surface area contributed by atoms with Crippen molar-refractivity contribution in [1.29, 1.82) is 0 Å². The Balaban J connectivity index is 1.60. The van der Waals surface area contributed by atoms with Crippen molar-refractivity contribution in [2.24, 2.45) is 5.92 Å². The number of esters is 1. The van der Waals surface area contributed by atoms with Crippen LogP contribution in [0.1, 0.15) is 57.1 Å². The van der Waals surface area contributed by atoms with E-state index in [0.717, 1.165) is 17.7 Å². The molecule has 0 saturated heterocycles. The van der Waals surface area contributed by atoms with Gasteiger partial charge < -0.3 is 14.6 Å². The lowest BCUT2D eigenvalue weighted by molar-refractivity contribution is -0.169. The Kier molecular flexibility index (Phi) is 5.49. The van der Waals surface area contributed by atoms with Crippen LogP contribution in [0.4, 0.5) is 0 Å². The molecule has 1 heterocycles. The predicted molar refractivity (Wildman–Crippen MR) is 124 cm³/mol. The van der Waals surface area contributed by atoms with E-state index in [2.05, 4.69) is 11.9 Å². The maximum Gasteiger partial charge on any atom is 0.336 e. The van der Waals surface area contributed by atoms with Gasteiger partial charge in [-0.05, 0) is 63.6 Å². The molecule has 4 aliphatic rings. The Morgan fingerprint density at radius 1 is 1.33 bits per heavy atom. The minimum absolute atomic E-state index is 0.0134. The molecule has 6 nitrogen and oxygen atoms in total. The van der Waals surface area contributed by atoms with Crippen LogP contribution in [0.15, 0.2) is 36.4 Å². The highest BCUT2D eigenvalue weighted by molar-refractivity contribution is 5.90. The maximum absolute atomic E-state index is 13.1. The summed E-state index contributed by atoms with van der Waals surface area (Å²) in [7, 11) is 2.10. The quantitative estimate of drug-likeness (QED) is 0.296. The van der Waals surface area contributed by atoms with E-state index in [9.17, 15) is 14.7 Å². The lowest BCUT2D eigenvalue weighted by Gasteiger charge is -2.58. The number of aliphatic hydroxyl groups is 1. The minimum atomic E-state index is -1.09. The van der Waals surface area contributed by atoms with Crippen LogP contribution in [0.25, 0.3) is 0 Å². The molecule has 2 fully saturated rings. The zero-order chi connectivity index (χ0) is 23.4. The van der Waals surface area contributed by atoms with Crippen LogP contribution in [0.2, 0.25) is 0 Å². The van der Waals surface area contributed by atoms with Crippen molar-refractivity contribution in [2.45, 2.75) is 75.5 Å². The van der Waals surface area contributed by atoms with Gasteiger partial charge in [0, 0.05) is 30.6 Å². The van der Waals surface area contributed by atoms with Gasteiger partial charge in [-0.2, -0.15) is 0 Å². The summed E-state index contributed by atoms with van der Waals surface area (Å²) >= 11 is 0. The molecule has 33 heavy (non-hydrogen) atoms. The second-order valence-corrected chi connectivity index (χ2v) is 10.0. The lowest BCUT2D eigenvalue weighted by atomic mass is 9.50. The molecule has 6 heteroatoms. The molecule has 0 aromatic heterocycles. The van der Waals surface area contributed by atoms with Crippen LogP contribution in [-0.4, -0.2) is 53.1 Å². The highest BCUT2D eigenvalue weighted by Crippen LogP contribution is 2.63. The van der Waals surface area contributed by atoms with E-state index in [0.29, 0.717) is 43.1 Å². The van der Waals surface area contributed by atoms with E-state index in [1.165, 1.54) is 18.9 Å². The zero-order valence-corrected chi connectivity index (χ0v) is 19.7. The van der Waals surface area contributed by atoms with Gasteiger partial charge in [0.15, 0.2) is 23.4 Å². The molecule has 1 aliphatic heterocycles. The van der Waals surface area contributed by atoms with Gasteiger partial charge in [0.2, 0.25) is 0 Å². The van der Waals surface area contributed by atoms with Crippen molar-refractivity contribution in [3.8, 4) is 11.5 Å². The molecule has 1 aromatic carbocycles. The standard InChI is InChI=1S/C27H33NO5/c1-4-6-7-8-22(30)32-20-12-11-18-15-21(28(3)16-17-9-10-17)27(31)14-13-19(29)25-26(27,5-2)23(18)24(20)33-25/h4,6-8,11-12,17,21,25,31H,5,9-10,13-16H2,1-3H3/b6-4+,8-7+/t21-,25+,26+,27-/m1/s1. The van der Waals surface area contributed by atoms with Gasteiger partial charge in [-0.1, -0.05) is 31.2 Å². The second kappa shape index (κ2) is 8.10. The molecule has 2 saturated carbocycles. The molecule has 0 spiro atoms. The number of rotatable bonds is 7. The number of hydrogen-bond donors (Lipinski definition) is 1. The average molecular weight is 452 g/mol. The number of carbonyl (C=O) groups excluding carboxylic acids is 2. The van der Waals surface area contributed by atoms with Gasteiger partial charge >= 0.3 is 5.97 Å². The van der Waals surface area contributed by atoms with E-state index in [4.69, 9.17) is 9.47 Å². The molecular weight excluding hydrogens is 418 g/mol. The molecule has 0 bridgehead atoms. The first-order chi connectivity index (χ1) is 15.9. The molecule has 0 amide bonds. The Labute approximate surface area is 195 Å². The smallest absolute Gasteiger partial charge is 0.336 e. The maximum atomic E-state index is 13.1. The van der Waals surface area contributed by atoms with Crippen LogP contribution in [0.3, 0.4) is 0 Å². The van der Waals surface area contributed by atoms with Gasteiger partial charge in [0.1, 0.15) is 0 Å². The highest BCUT2D eigenvalue weighted by atomic mass is 16.6. The van der Waals surface area contributed by atoms with E-state index >= 15 is 0 Å². The first-order valence-corrected chi connectivity index (χ1v) is 12.1. The van der Waals surface area contributed by atoms with Crippen LogP contribution in [0.5, 0.6) is 11.5 Å². The molecule has 0 unspecified atom stereocenters. The van der Waals surface area contributed by atoms with Gasteiger partial charge in [0.25, 0.3) is 0 Å².